The Morgan fingerprint density at radius 1 is 1.45 bits per heavy atom. The van der Waals surface area contributed by atoms with E-state index >= 15 is 0 Å². The minimum atomic E-state index is -0.941. The number of benzene rings is 1. The molecule has 0 radical (unpaired) electrons. The molecule has 0 spiro atoms. The van der Waals surface area contributed by atoms with E-state index in [0.29, 0.717) is 17.2 Å². The van der Waals surface area contributed by atoms with Crippen LogP contribution in [0.4, 0.5) is 0 Å². The summed E-state index contributed by atoms with van der Waals surface area (Å²) >= 11 is 6.02. The summed E-state index contributed by atoms with van der Waals surface area (Å²) in [5.41, 5.74) is 0.877. The standard InChI is InChI=1S/C15H22ClNO3/c1-4-6-14(15(18)19)20-13-8-7-11(16)9-12(13)10(3)17-5-2/h7-10,14,17H,4-6H2,1-3H3,(H,18,19). The third-order valence-electron chi connectivity index (χ3n) is 3.04. The van der Waals surface area contributed by atoms with Crippen LogP contribution in [0.2, 0.25) is 5.02 Å². The highest BCUT2D eigenvalue weighted by Gasteiger charge is 2.21. The molecule has 20 heavy (non-hydrogen) atoms. The van der Waals surface area contributed by atoms with Crippen LogP contribution in [0.15, 0.2) is 18.2 Å². The fourth-order valence-electron chi connectivity index (χ4n) is 2.03. The van der Waals surface area contributed by atoms with Gasteiger partial charge in [0.2, 0.25) is 0 Å². The van der Waals surface area contributed by atoms with Gasteiger partial charge in [-0.2, -0.15) is 0 Å². The van der Waals surface area contributed by atoms with Crippen LogP contribution in [0.3, 0.4) is 0 Å². The van der Waals surface area contributed by atoms with E-state index in [1.54, 1.807) is 12.1 Å². The van der Waals surface area contributed by atoms with Crippen molar-refractivity contribution in [3.8, 4) is 5.75 Å². The smallest absolute Gasteiger partial charge is 0.344 e. The van der Waals surface area contributed by atoms with Crippen molar-refractivity contribution < 1.29 is 14.6 Å². The van der Waals surface area contributed by atoms with Crippen LogP contribution in [-0.4, -0.2) is 23.7 Å². The number of halogens is 1. The Balaban J connectivity index is 3.00. The largest absolute Gasteiger partial charge is 0.479 e. The van der Waals surface area contributed by atoms with Crippen LogP contribution >= 0.6 is 11.6 Å². The first kappa shape index (κ1) is 16.8. The number of carbonyl (C=O) groups is 1. The number of nitrogens with one attached hydrogen (secondary N) is 1. The van der Waals surface area contributed by atoms with Gasteiger partial charge in [0.15, 0.2) is 6.10 Å². The number of rotatable bonds is 8. The Morgan fingerprint density at radius 3 is 2.70 bits per heavy atom. The van der Waals surface area contributed by atoms with Crippen LogP contribution in [-0.2, 0) is 4.79 Å². The molecule has 5 heteroatoms. The highest BCUT2D eigenvalue weighted by atomic mass is 35.5. The third-order valence-corrected chi connectivity index (χ3v) is 3.28. The molecule has 2 atom stereocenters. The predicted octanol–water partition coefficient (Wildman–Crippen LogP) is 3.64. The number of aliphatic carboxylic acids is 1. The van der Waals surface area contributed by atoms with Gasteiger partial charge in [0.05, 0.1) is 0 Å². The first-order valence-corrected chi connectivity index (χ1v) is 7.29. The van der Waals surface area contributed by atoms with Gasteiger partial charge in [-0.25, -0.2) is 4.79 Å². The quantitative estimate of drug-likeness (QED) is 0.769. The van der Waals surface area contributed by atoms with Crippen molar-refractivity contribution in [3.63, 3.8) is 0 Å². The number of hydrogen-bond acceptors (Lipinski definition) is 3. The topological polar surface area (TPSA) is 58.6 Å². The molecule has 0 saturated carbocycles. The van der Waals surface area contributed by atoms with Gasteiger partial charge in [0, 0.05) is 16.6 Å². The van der Waals surface area contributed by atoms with Crippen LogP contribution < -0.4 is 10.1 Å². The van der Waals surface area contributed by atoms with Crippen molar-refractivity contribution in [2.75, 3.05) is 6.54 Å². The maximum absolute atomic E-state index is 11.2. The summed E-state index contributed by atoms with van der Waals surface area (Å²) in [6, 6.07) is 5.31. The zero-order valence-electron chi connectivity index (χ0n) is 12.1. The summed E-state index contributed by atoms with van der Waals surface area (Å²) in [6.45, 7) is 6.75. The lowest BCUT2D eigenvalue weighted by molar-refractivity contribution is -0.145. The Labute approximate surface area is 125 Å². The third kappa shape index (κ3) is 4.69. The molecule has 0 saturated heterocycles. The number of carboxylic acid groups (broad SMARTS) is 1. The summed E-state index contributed by atoms with van der Waals surface area (Å²) in [5.74, 6) is -0.368. The second kappa shape index (κ2) is 8.12. The number of hydrogen-bond donors (Lipinski definition) is 2. The molecule has 0 bridgehead atoms. The average molecular weight is 300 g/mol. The Bertz CT molecular complexity index is 451. The van der Waals surface area contributed by atoms with E-state index in [1.807, 2.05) is 26.8 Å². The molecule has 4 nitrogen and oxygen atoms in total. The van der Waals surface area contributed by atoms with Gasteiger partial charge in [-0.15, -0.1) is 0 Å². The van der Waals surface area contributed by atoms with Crippen molar-refractivity contribution in [1.29, 1.82) is 0 Å². The highest BCUT2D eigenvalue weighted by molar-refractivity contribution is 6.30. The van der Waals surface area contributed by atoms with Crippen molar-refractivity contribution in [1.82, 2.24) is 5.32 Å². The van der Waals surface area contributed by atoms with E-state index in [0.717, 1.165) is 18.5 Å². The molecule has 1 aromatic rings. The Kier molecular flexibility index (Phi) is 6.82. The summed E-state index contributed by atoms with van der Waals surface area (Å²) < 4.78 is 5.67. The first-order valence-electron chi connectivity index (χ1n) is 6.91. The zero-order chi connectivity index (χ0) is 15.1. The minimum Gasteiger partial charge on any atom is -0.479 e. The first-order chi connectivity index (χ1) is 9.49. The van der Waals surface area contributed by atoms with Gasteiger partial charge in [-0.3, -0.25) is 0 Å². The minimum absolute atomic E-state index is 0.0461. The van der Waals surface area contributed by atoms with Crippen LogP contribution in [0.1, 0.15) is 45.2 Å². The molecule has 2 N–H and O–H groups in total. The fraction of sp³-hybridized carbons (Fsp3) is 0.533. The van der Waals surface area contributed by atoms with Gasteiger partial charge in [-0.05, 0) is 38.1 Å². The molecule has 0 heterocycles. The van der Waals surface area contributed by atoms with E-state index in [4.69, 9.17) is 16.3 Å². The van der Waals surface area contributed by atoms with Crippen molar-refractivity contribution in [2.45, 2.75) is 45.8 Å². The molecule has 0 fully saturated rings. The molecule has 0 amide bonds. The number of ether oxygens (including phenoxy) is 1. The molecule has 0 aliphatic carbocycles. The van der Waals surface area contributed by atoms with Crippen molar-refractivity contribution >= 4 is 17.6 Å². The van der Waals surface area contributed by atoms with E-state index in [2.05, 4.69) is 5.32 Å². The van der Waals surface area contributed by atoms with Crippen LogP contribution in [0, 0.1) is 0 Å². The zero-order valence-corrected chi connectivity index (χ0v) is 12.9. The van der Waals surface area contributed by atoms with Crippen molar-refractivity contribution in [3.05, 3.63) is 28.8 Å². The van der Waals surface area contributed by atoms with Gasteiger partial charge < -0.3 is 15.2 Å². The average Bonchev–Trinajstić information content (AvgIpc) is 2.40. The van der Waals surface area contributed by atoms with Gasteiger partial charge in [0.25, 0.3) is 0 Å². The lowest BCUT2D eigenvalue weighted by Crippen LogP contribution is -2.28. The molecule has 1 aromatic carbocycles. The summed E-state index contributed by atoms with van der Waals surface area (Å²) in [7, 11) is 0. The lowest BCUT2D eigenvalue weighted by Gasteiger charge is -2.21. The normalized spacial score (nSPS) is 13.8. The number of carboxylic acids is 1. The molecule has 2 unspecified atom stereocenters. The Morgan fingerprint density at radius 2 is 2.15 bits per heavy atom. The second-order valence-electron chi connectivity index (χ2n) is 4.69. The Hall–Kier alpha value is -1.26. The summed E-state index contributed by atoms with van der Waals surface area (Å²) in [6.07, 6.45) is 0.407. The summed E-state index contributed by atoms with van der Waals surface area (Å²) in [4.78, 5) is 11.2. The van der Waals surface area contributed by atoms with E-state index in [9.17, 15) is 9.90 Å². The predicted molar refractivity (Wildman–Crippen MR) is 80.5 cm³/mol. The van der Waals surface area contributed by atoms with E-state index in [1.165, 1.54) is 0 Å². The molecule has 0 aromatic heterocycles. The molecular weight excluding hydrogens is 278 g/mol. The van der Waals surface area contributed by atoms with E-state index < -0.39 is 12.1 Å². The van der Waals surface area contributed by atoms with Gasteiger partial charge in [0.1, 0.15) is 5.75 Å². The van der Waals surface area contributed by atoms with E-state index in [-0.39, 0.29) is 6.04 Å². The summed E-state index contributed by atoms with van der Waals surface area (Å²) in [5, 5.41) is 13.1. The monoisotopic (exact) mass is 299 g/mol. The molecule has 112 valence electrons. The highest BCUT2D eigenvalue weighted by Crippen LogP contribution is 2.29. The SMILES string of the molecule is CCCC(Oc1ccc(Cl)cc1C(C)NCC)C(=O)O. The molecule has 1 rings (SSSR count). The van der Waals surface area contributed by atoms with Gasteiger partial charge >= 0.3 is 5.97 Å². The maximum Gasteiger partial charge on any atom is 0.344 e. The lowest BCUT2D eigenvalue weighted by atomic mass is 10.1. The second-order valence-corrected chi connectivity index (χ2v) is 5.13. The maximum atomic E-state index is 11.2. The molecular formula is C15H22ClNO3. The van der Waals surface area contributed by atoms with Crippen LogP contribution in [0.25, 0.3) is 0 Å². The fourth-order valence-corrected chi connectivity index (χ4v) is 2.21. The van der Waals surface area contributed by atoms with Gasteiger partial charge in [-0.1, -0.05) is 31.9 Å². The van der Waals surface area contributed by atoms with Crippen LogP contribution in [0.5, 0.6) is 5.75 Å². The molecule has 0 aliphatic heterocycles. The van der Waals surface area contributed by atoms with Crippen molar-refractivity contribution in [2.24, 2.45) is 0 Å². The molecule has 0 aliphatic rings.